The average molecular weight is 185 g/mol. The number of carbonyl (C=O) groups excluding carboxylic acids is 2. The molecule has 0 saturated carbocycles. The molecular formula is C10H19NO2. The molecule has 13 heavy (non-hydrogen) atoms. The predicted molar refractivity (Wildman–Crippen MR) is 52.6 cm³/mol. The zero-order valence-corrected chi connectivity index (χ0v) is 8.67. The second-order valence-electron chi connectivity index (χ2n) is 4.41. The summed E-state index contributed by atoms with van der Waals surface area (Å²) in [6, 6.07) is -0.306. The second kappa shape index (κ2) is 5.86. The van der Waals surface area contributed by atoms with Crippen molar-refractivity contribution in [3.63, 3.8) is 0 Å². The number of carbonyl (C=O) groups is 2. The zero-order chi connectivity index (χ0) is 10.3. The van der Waals surface area contributed by atoms with Crippen LogP contribution < -0.4 is 5.32 Å². The van der Waals surface area contributed by atoms with Crippen molar-refractivity contribution in [2.45, 2.75) is 39.7 Å². The van der Waals surface area contributed by atoms with Gasteiger partial charge < -0.3 is 14.9 Å². The molecule has 0 aliphatic carbocycles. The molecule has 0 aromatic heterocycles. The first-order chi connectivity index (χ1) is 5.99. The smallest absolute Gasteiger partial charge is 0.137 e. The van der Waals surface area contributed by atoms with Gasteiger partial charge in [0, 0.05) is 6.42 Å². The van der Waals surface area contributed by atoms with E-state index in [1.807, 2.05) is 0 Å². The van der Waals surface area contributed by atoms with E-state index in [1.165, 1.54) is 0 Å². The molecule has 1 N–H and O–H groups in total. The topological polar surface area (TPSA) is 46.2 Å². The second-order valence-corrected chi connectivity index (χ2v) is 4.41. The largest absolute Gasteiger partial charge is 0.307 e. The van der Waals surface area contributed by atoms with E-state index in [9.17, 15) is 9.59 Å². The lowest BCUT2D eigenvalue weighted by atomic mass is 9.92. The van der Waals surface area contributed by atoms with E-state index >= 15 is 0 Å². The molecule has 0 bridgehead atoms. The van der Waals surface area contributed by atoms with Crippen LogP contribution in [0.4, 0.5) is 0 Å². The van der Waals surface area contributed by atoms with Crippen molar-refractivity contribution in [3.05, 3.63) is 0 Å². The minimum Gasteiger partial charge on any atom is -0.307 e. The first kappa shape index (κ1) is 12.3. The highest BCUT2D eigenvalue weighted by atomic mass is 16.1. The van der Waals surface area contributed by atoms with E-state index in [0.717, 1.165) is 25.5 Å². The molecule has 76 valence electrons. The van der Waals surface area contributed by atoms with Gasteiger partial charge in [0.05, 0.1) is 6.04 Å². The highest BCUT2D eigenvalue weighted by Crippen LogP contribution is 2.16. The van der Waals surface area contributed by atoms with Gasteiger partial charge in [0.2, 0.25) is 0 Å². The zero-order valence-electron chi connectivity index (χ0n) is 8.67. The molecule has 0 heterocycles. The van der Waals surface area contributed by atoms with Gasteiger partial charge in [0.25, 0.3) is 0 Å². The summed E-state index contributed by atoms with van der Waals surface area (Å²) in [5, 5.41) is 3.03. The van der Waals surface area contributed by atoms with Gasteiger partial charge in [-0.25, -0.2) is 0 Å². The predicted octanol–water partition coefficient (Wildman–Crippen LogP) is 1.17. The molecule has 3 nitrogen and oxygen atoms in total. The van der Waals surface area contributed by atoms with Crippen LogP contribution in [0.1, 0.15) is 33.6 Å². The Hall–Kier alpha value is -0.700. The van der Waals surface area contributed by atoms with Gasteiger partial charge in [-0.1, -0.05) is 20.8 Å². The number of nitrogens with one attached hydrogen (secondary N) is 1. The van der Waals surface area contributed by atoms with E-state index < -0.39 is 0 Å². The maximum atomic E-state index is 10.4. The summed E-state index contributed by atoms with van der Waals surface area (Å²) in [5.41, 5.74) is 0.265. The summed E-state index contributed by atoms with van der Waals surface area (Å²) < 4.78 is 0. The number of aldehydes is 2. The summed E-state index contributed by atoms with van der Waals surface area (Å²) in [6.07, 6.45) is 2.82. The lowest BCUT2D eigenvalue weighted by molar-refractivity contribution is -0.114. The maximum absolute atomic E-state index is 10.4. The van der Waals surface area contributed by atoms with Crippen LogP contribution in [-0.4, -0.2) is 25.2 Å². The molecule has 0 aromatic carbocycles. The third kappa shape index (κ3) is 7.65. The highest BCUT2D eigenvalue weighted by Gasteiger charge is 2.11. The average Bonchev–Trinajstić information content (AvgIpc) is 2.01. The number of hydrogen-bond donors (Lipinski definition) is 1. The van der Waals surface area contributed by atoms with Gasteiger partial charge in [-0.2, -0.15) is 0 Å². The third-order valence-corrected chi connectivity index (χ3v) is 1.80. The normalized spacial score (nSPS) is 13.8. The fourth-order valence-electron chi connectivity index (χ4n) is 0.923. The number of rotatable bonds is 6. The van der Waals surface area contributed by atoms with Crippen LogP contribution in [0.15, 0.2) is 0 Å². The Morgan fingerprint density at radius 3 is 2.31 bits per heavy atom. The Labute approximate surface area is 79.9 Å². The molecule has 1 atom stereocenters. The van der Waals surface area contributed by atoms with Crippen LogP contribution in [0.5, 0.6) is 0 Å². The quantitative estimate of drug-likeness (QED) is 0.632. The van der Waals surface area contributed by atoms with E-state index in [0.29, 0.717) is 0 Å². The van der Waals surface area contributed by atoms with Crippen molar-refractivity contribution in [2.24, 2.45) is 5.41 Å². The lowest BCUT2D eigenvalue weighted by Gasteiger charge is -2.19. The number of hydrogen-bond acceptors (Lipinski definition) is 3. The van der Waals surface area contributed by atoms with Crippen LogP contribution in [0.3, 0.4) is 0 Å². The minimum absolute atomic E-state index is 0.265. The Kier molecular flexibility index (Phi) is 5.55. The van der Waals surface area contributed by atoms with Gasteiger partial charge in [-0.15, -0.1) is 0 Å². The fourth-order valence-corrected chi connectivity index (χ4v) is 0.923. The van der Waals surface area contributed by atoms with Crippen molar-refractivity contribution in [2.75, 3.05) is 6.54 Å². The standard InChI is InChI=1S/C10H19NO2/c1-10(2,3)5-6-11-9(8-13)4-7-12/h7-9,11H,4-6H2,1-3H3/t9-/m0/s1. The third-order valence-electron chi connectivity index (χ3n) is 1.80. The Morgan fingerprint density at radius 2 is 1.92 bits per heavy atom. The highest BCUT2D eigenvalue weighted by molar-refractivity contribution is 5.65. The van der Waals surface area contributed by atoms with E-state index in [-0.39, 0.29) is 17.9 Å². The van der Waals surface area contributed by atoms with Crippen molar-refractivity contribution in [3.8, 4) is 0 Å². The molecule has 0 spiro atoms. The first-order valence-electron chi connectivity index (χ1n) is 4.62. The molecule has 0 fully saturated rings. The molecule has 0 unspecified atom stereocenters. The first-order valence-corrected chi connectivity index (χ1v) is 4.62. The van der Waals surface area contributed by atoms with Crippen molar-refractivity contribution in [1.82, 2.24) is 5.32 Å². The Bertz CT molecular complexity index is 161. The molecule has 0 saturated heterocycles. The van der Waals surface area contributed by atoms with E-state index in [4.69, 9.17) is 0 Å². The van der Waals surface area contributed by atoms with Gasteiger partial charge in [-0.3, -0.25) is 0 Å². The summed E-state index contributed by atoms with van der Waals surface area (Å²) in [6.45, 7) is 7.21. The SMILES string of the molecule is CC(C)(C)CCN[C@H](C=O)CC=O. The maximum Gasteiger partial charge on any atom is 0.137 e. The Morgan fingerprint density at radius 1 is 1.31 bits per heavy atom. The van der Waals surface area contributed by atoms with Gasteiger partial charge in [0.15, 0.2) is 0 Å². The summed E-state index contributed by atoms with van der Waals surface area (Å²) in [4.78, 5) is 20.6. The molecule has 3 heteroatoms. The van der Waals surface area contributed by atoms with Gasteiger partial charge >= 0.3 is 0 Å². The van der Waals surface area contributed by atoms with Crippen molar-refractivity contribution >= 4 is 12.6 Å². The van der Waals surface area contributed by atoms with Crippen LogP contribution in [-0.2, 0) is 9.59 Å². The van der Waals surface area contributed by atoms with Crippen molar-refractivity contribution in [1.29, 1.82) is 0 Å². The van der Waals surface area contributed by atoms with Crippen LogP contribution in [0.25, 0.3) is 0 Å². The van der Waals surface area contributed by atoms with Crippen LogP contribution in [0.2, 0.25) is 0 Å². The van der Waals surface area contributed by atoms with Gasteiger partial charge in [0.1, 0.15) is 12.6 Å². The molecule has 0 amide bonds. The van der Waals surface area contributed by atoms with Crippen molar-refractivity contribution < 1.29 is 9.59 Å². The summed E-state index contributed by atoms with van der Waals surface area (Å²) in [7, 11) is 0. The van der Waals surface area contributed by atoms with Crippen LogP contribution >= 0.6 is 0 Å². The fraction of sp³-hybridized carbons (Fsp3) is 0.800. The van der Waals surface area contributed by atoms with Crippen LogP contribution in [0, 0.1) is 5.41 Å². The van der Waals surface area contributed by atoms with E-state index in [2.05, 4.69) is 26.1 Å². The molecule has 0 rings (SSSR count). The van der Waals surface area contributed by atoms with Gasteiger partial charge in [-0.05, 0) is 18.4 Å². The molecule has 0 radical (unpaired) electrons. The Balaban J connectivity index is 3.60. The molecule has 0 aliphatic rings. The molecule has 0 aliphatic heterocycles. The minimum atomic E-state index is -0.306. The molecule has 0 aromatic rings. The lowest BCUT2D eigenvalue weighted by Crippen LogP contribution is -2.33. The summed E-state index contributed by atoms with van der Waals surface area (Å²) >= 11 is 0. The molecular weight excluding hydrogens is 166 g/mol. The van der Waals surface area contributed by atoms with E-state index in [1.54, 1.807) is 0 Å². The summed E-state index contributed by atoms with van der Waals surface area (Å²) in [5.74, 6) is 0. The monoisotopic (exact) mass is 185 g/mol.